The highest BCUT2D eigenvalue weighted by Gasteiger charge is 2.18. The zero-order chi connectivity index (χ0) is 29.5. The molecule has 4 aromatic rings. The molecule has 0 saturated carbocycles. The van der Waals surface area contributed by atoms with Crippen LogP contribution in [-0.4, -0.2) is 78.2 Å². The lowest BCUT2D eigenvalue weighted by molar-refractivity contribution is -0.111. The molecule has 0 atom stereocenters. The number of methoxy groups -OCH3 is 1. The van der Waals surface area contributed by atoms with Crippen molar-refractivity contribution in [1.82, 2.24) is 24.6 Å². The maximum Gasteiger partial charge on any atom is 0.247 e. The van der Waals surface area contributed by atoms with E-state index in [1.807, 2.05) is 56.2 Å². The van der Waals surface area contributed by atoms with E-state index in [0.717, 1.165) is 30.0 Å². The predicted octanol–water partition coefficient (Wildman–Crippen LogP) is 5.06. The van der Waals surface area contributed by atoms with Gasteiger partial charge in [0.2, 0.25) is 5.91 Å². The number of aromatic nitrogens is 4. The minimum Gasteiger partial charge on any atom is -0.494 e. The highest BCUT2D eigenvalue weighted by molar-refractivity contribution is 7.98. The summed E-state index contributed by atoms with van der Waals surface area (Å²) in [4.78, 5) is 20.9. The van der Waals surface area contributed by atoms with Crippen LogP contribution in [0.2, 0.25) is 0 Å². The van der Waals surface area contributed by atoms with Gasteiger partial charge in [0.25, 0.3) is 0 Å². The summed E-state index contributed by atoms with van der Waals surface area (Å²) in [6.07, 6.45) is 4.82. The summed E-state index contributed by atoms with van der Waals surface area (Å²) in [6.45, 7) is 5.14. The number of nitrogens with one attached hydrogen (secondary N) is 2. The first-order chi connectivity index (χ1) is 19.7. The van der Waals surface area contributed by atoms with Gasteiger partial charge < -0.3 is 25.2 Å². The standard InChI is InChI=1S/C29H33FN8O2S/c1-7-27(39)33-22-17-23(25(40-5)18-24(22)37(4)15-14-36(2)3)32-26-16-21(12-13-31-26)38-28(34-35-29(38)41-6)19-8-10-20(30)11-9-19/h7-13,16-18H,1,14-15H2,2-6H3,(H,31,32)(H,33,39). The summed E-state index contributed by atoms with van der Waals surface area (Å²) in [5, 5.41) is 15.6. The van der Waals surface area contributed by atoms with E-state index < -0.39 is 0 Å². The number of rotatable bonds is 12. The molecule has 12 heteroatoms. The Morgan fingerprint density at radius 1 is 1.10 bits per heavy atom. The van der Waals surface area contributed by atoms with Gasteiger partial charge in [0.05, 0.1) is 29.9 Å². The van der Waals surface area contributed by atoms with Crippen LogP contribution in [0.15, 0.2) is 72.5 Å². The lowest BCUT2D eigenvalue weighted by Crippen LogP contribution is -2.29. The number of amides is 1. The minimum atomic E-state index is -0.326. The third-order valence-electron chi connectivity index (χ3n) is 6.24. The Kier molecular flexibility index (Phi) is 9.58. The summed E-state index contributed by atoms with van der Waals surface area (Å²) in [5.41, 5.74) is 3.48. The number of ether oxygens (including phenoxy) is 1. The quantitative estimate of drug-likeness (QED) is 0.177. The monoisotopic (exact) mass is 576 g/mol. The van der Waals surface area contributed by atoms with Crippen LogP contribution in [0.4, 0.5) is 27.3 Å². The lowest BCUT2D eigenvalue weighted by Gasteiger charge is -2.26. The number of likely N-dealkylation sites (N-methyl/N-ethyl adjacent to an activating group) is 2. The molecule has 214 valence electrons. The molecule has 0 aliphatic heterocycles. The van der Waals surface area contributed by atoms with Crippen LogP contribution < -0.4 is 20.3 Å². The van der Waals surface area contributed by atoms with Crippen molar-refractivity contribution in [3.63, 3.8) is 0 Å². The Labute approximate surface area is 243 Å². The maximum absolute atomic E-state index is 13.6. The topological polar surface area (TPSA) is 100 Å². The van der Waals surface area contributed by atoms with E-state index in [0.29, 0.717) is 33.9 Å². The lowest BCUT2D eigenvalue weighted by atomic mass is 10.2. The Morgan fingerprint density at radius 2 is 1.85 bits per heavy atom. The van der Waals surface area contributed by atoms with Crippen molar-refractivity contribution in [2.24, 2.45) is 0 Å². The van der Waals surface area contributed by atoms with Crippen molar-refractivity contribution in [3.8, 4) is 22.8 Å². The van der Waals surface area contributed by atoms with Crippen LogP contribution in [0, 0.1) is 5.82 Å². The van der Waals surface area contributed by atoms with Crippen molar-refractivity contribution in [3.05, 3.63) is 73.2 Å². The van der Waals surface area contributed by atoms with Gasteiger partial charge in [-0.25, -0.2) is 9.37 Å². The molecule has 2 heterocycles. The average Bonchev–Trinajstić information content (AvgIpc) is 3.41. The third-order valence-corrected chi connectivity index (χ3v) is 6.87. The van der Waals surface area contributed by atoms with E-state index in [1.54, 1.807) is 25.4 Å². The van der Waals surface area contributed by atoms with Gasteiger partial charge in [0, 0.05) is 44.0 Å². The van der Waals surface area contributed by atoms with Crippen LogP contribution in [0.1, 0.15) is 0 Å². The van der Waals surface area contributed by atoms with E-state index in [4.69, 9.17) is 4.74 Å². The molecule has 0 aliphatic rings. The van der Waals surface area contributed by atoms with Crippen molar-refractivity contribution < 1.29 is 13.9 Å². The number of benzene rings is 2. The zero-order valence-electron chi connectivity index (χ0n) is 23.7. The van der Waals surface area contributed by atoms with Crippen LogP contribution in [0.25, 0.3) is 17.1 Å². The van der Waals surface area contributed by atoms with Gasteiger partial charge in [0.15, 0.2) is 11.0 Å². The third kappa shape index (κ3) is 7.02. The van der Waals surface area contributed by atoms with Crippen molar-refractivity contribution in [2.75, 3.05) is 63.1 Å². The molecule has 0 fully saturated rings. The van der Waals surface area contributed by atoms with Crippen molar-refractivity contribution in [1.29, 1.82) is 0 Å². The first-order valence-corrected chi connectivity index (χ1v) is 14.0. The summed E-state index contributed by atoms with van der Waals surface area (Å²) in [7, 11) is 7.56. The number of hydrogen-bond acceptors (Lipinski definition) is 9. The molecule has 0 bridgehead atoms. The SMILES string of the molecule is C=CC(=O)Nc1cc(Nc2cc(-n3c(SC)nnc3-c3ccc(F)cc3)ccn2)c(OC)cc1N(C)CCN(C)C. The number of halogens is 1. The zero-order valence-corrected chi connectivity index (χ0v) is 24.5. The summed E-state index contributed by atoms with van der Waals surface area (Å²) in [5.74, 6) is 1.02. The summed E-state index contributed by atoms with van der Waals surface area (Å²) < 4.78 is 21.2. The molecule has 2 aromatic carbocycles. The highest BCUT2D eigenvalue weighted by Crippen LogP contribution is 2.38. The fourth-order valence-corrected chi connectivity index (χ4v) is 4.59. The molecular weight excluding hydrogens is 543 g/mol. The predicted molar refractivity (Wildman–Crippen MR) is 163 cm³/mol. The molecule has 0 radical (unpaired) electrons. The van der Waals surface area contributed by atoms with E-state index in [1.165, 1.54) is 30.0 Å². The van der Waals surface area contributed by atoms with Gasteiger partial charge in [-0.15, -0.1) is 10.2 Å². The van der Waals surface area contributed by atoms with Crippen LogP contribution in [-0.2, 0) is 4.79 Å². The maximum atomic E-state index is 13.6. The van der Waals surface area contributed by atoms with E-state index in [2.05, 4.69) is 42.2 Å². The average molecular weight is 577 g/mol. The van der Waals surface area contributed by atoms with Gasteiger partial charge in [-0.1, -0.05) is 18.3 Å². The Hall–Kier alpha value is -4.42. The number of hydrogen-bond donors (Lipinski definition) is 2. The van der Waals surface area contributed by atoms with Gasteiger partial charge in [-0.05, 0) is 62.8 Å². The Bertz CT molecular complexity index is 1520. The Morgan fingerprint density at radius 3 is 2.51 bits per heavy atom. The van der Waals surface area contributed by atoms with Gasteiger partial charge in [-0.3, -0.25) is 9.36 Å². The first-order valence-electron chi connectivity index (χ1n) is 12.7. The first kappa shape index (κ1) is 29.6. The number of carbonyl (C=O) groups excluding carboxylic acids is 1. The molecular formula is C29H33FN8O2S. The smallest absolute Gasteiger partial charge is 0.247 e. The molecule has 2 N–H and O–H groups in total. The molecule has 0 spiro atoms. The fraction of sp³-hybridized carbons (Fsp3) is 0.241. The van der Waals surface area contributed by atoms with E-state index in [-0.39, 0.29) is 11.7 Å². The van der Waals surface area contributed by atoms with E-state index in [9.17, 15) is 9.18 Å². The second kappa shape index (κ2) is 13.3. The minimum absolute atomic E-state index is 0.325. The van der Waals surface area contributed by atoms with Crippen molar-refractivity contribution >= 4 is 40.5 Å². The number of pyridine rings is 1. The number of thioether (sulfide) groups is 1. The second-order valence-electron chi connectivity index (χ2n) is 9.36. The molecule has 10 nitrogen and oxygen atoms in total. The van der Waals surface area contributed by atoms with Crippen LogP contribution in [0.5, 0.6) is 5.75 Å². The molecule has 41 heavy (non-hydrogen) atoms. The number of anilines is 4. The van der Waals surface area contributed by atoms with Crippen LogP contribution >= 0.6 is 11.8 Å². The summed E-state index contributed by atoms with van der Waals surface area (Å²) >= 11 is 1.44. The normalized spacial score (nSPS) is 10.9. The van der Waals surface area contributed by atoms with Gasteiger partial charge in [0.1, 0.15) is 17.4 Å². The van der Waals surface area contributed by atoms with Gasteiger partial charge in [-0.2, -0.15) is 0 Å². The number of carbonyl (C=O) groups is 1. The molecule has 0 saturated heterocycles. The molecule has 0 aliphatic carbocycles. The molecule has 1 amide bonds. The highest BCUT2D eigenvalue weighted by atomic mass is 32.2. The second-order valence-corrected chi connectivity index (χ2v) is 10.1. The Balaban J connectivity index is 1.73. The number of nitrogens with zero attached hydrogens (tertiary/aromatic N) is 6. The molecule has 0 unspecified atom stereocenters. The van der Waals surface area contributed by atoms with E-state index >= 15 is 0 Å². The fourth-order valence-electron chi connectivity index (χ4n) is 4.09. The largest absolute Gasteiger partial charge is 0.494 e. The molecule has 2 aromatic heterocycles. The summed E-state index contributed by atoms with van der Waals surface area (Å²) in [6, 6.07) is 13.5. The van der Waals surface area contributed by atoms with Gasteiger partial charge >= 0.3 is 0 Å². The van der Waals surface area contributed by atoms with Crippen molar-refractivity contribution in [2.45, 2.75) is 5.16 Å². The molecule has 4 rings (SSSR count). The van der Waals surface area contributed by atoms with Crippen LogP contribution in [0.3, 0.4) is 0 Å².